The number of carboxylic acids is 1. The minimum Gasteiger partial charge on any atom is -0.490 e. The number of aliphatic carboxylic acids is 1. The monoisotopic (exact) mass is 490 g/mol. The van der Waals surface area contributed by atoms with Gasteiger partial charge in [0.05, 0.1) is 12.5 Å². The molecule has 1 amide bonds. The first kappa shape index (κ1) is 25.4. The van der Waals surface area contributed by atoms with Crippen molar-refractivity contribution in [3.8, 4) is 16.9 Å². The van der Waals surface area contributed by atoms with Gasteiger partial charge in [0, 0.05) is 36.5 Å². The third-order valence-electron chi connectivity index (χ3n) is 6.30. The van der Waals surface area contributed by atoms with E-state index >= 15 is 0 Å². The lowest BCUT2D eigenvalue weighted by atomic mass is 9.89. The van der Waals surface area contributed by atoms with Crippen molar-refractivity contribution in [2.45, 2.75) is 59.1 Å². The summed E-state index contributed by atoms with van der Waals surface area (Å²) in [4.78, 5) is 30.7. The average Bonchev–Trinajstić information content (AvgIpc) is 2.83. The molecule has 4 rings (SSSR count). The maximum absolute atomic E-state index is 14.8. The van der Waals surface area contributed by atoms with E-state index in [0.717, 1.165) is 22.5 Å². The molecule has 2 heterocycles. The molecule has 7 heteroatoms. The Balaban J connectivity index is 1.65. The first-order valence-corrected chi connectivity index (χ1v) is 12.2. The maximum Gasteiger partial charge on any atom is 0.307 e. The number of aryl methyl sites for hydroxylation is 2. The molecule has 0 atom stereocenters. The van der Waals surface area contributed by atoms with Gasteiger partial charge in [0.2, 0.25) is 5.91 Å². The van der Waals surface area contributed by atoms with Gasteiger partial charge in [-0.2, -0.15) is 0 Å². The first-order valence-electron chi connectivity index (χ1n) is 12.2. The summed E-state index contributed by atoms with van der Waals surface area (Å²) in [5.74, 6) is -0.628. The van der Waals surface area contributed by atoms with E-state index in [1.165, 1.54) is 6.07 Å². The van der Waals surface area contributed by atoms with Crippen molar-refractivity contribution >= 4 is 11.9 Å². The highest BCUT2D eigenvalue weighted by molar-refractivity contribution is 5.80. The van der Waals surface area contributed by atoms with Crippen LogP contribution in [0.4, 0.5) is 4.39 Å². The number of rotatable bonds is 8. The number of pyridine rings is 1. The fourth-order valence-electron chi connectivity index (χ4n) is 4.66. The molecular formula is C29H31FN2O4. The molecule has 0 radical (unpaired) electrons. The van der Waals surface area contributed by atoms with Crippen molar-refractivity contribution in [3.05, 3.63) is 82.4 Å². The molecule has 0 fully saturated rings. The molecule has 1 aliphatic heterocycles. The van der Waals surface area contributed by atoms with Crippen LogP contribution in [0.2, 0.25) is 0 Å². The Bertz CT molecular complexity index is 1290. The number of nitrogens with zero attached hydrogens (tertiary/aromatic N) is 2. The molecule has 0 bridgehead atoms. The zero-order chi connectivity index (χ0) is 25.8. The molecule has 0 unspecified atom stereocenters. The molecule has 0 aliphatic carbocycles. The number of aromatic nitrogens is 1. The Morgan fingerprint density at radius 2 is 1.92 bits per heavy atom. The van der Waals surface area contributed by atoms with E-state index in [1.54, 1.807) is 29.2 Å². The number of carbonyl (C=O) groups excluding carboxylic acids is 1. The quantitative estimate of drug-likeness (QED) is 0.474. The number of amides is 1. The third kappa shape index (κ3) is 5.90. The molecule has 6 nitrogen and oxygen atoms in total. The molecule has 0 saturated carbocycles. The number of ether oxygens (including phenoxy) is 1. The van der Waals surface area contributed by atoms with Crippen LogP contribution in [0.5, 0.6) is 5.75 Å². The van der Waals surface area contributed by atoms with Crippen LogP contribution in [0.15, 0.2) is 48.5 Å². The number of hydrogen-bond acceptors (Lipinski definition) is 4. The Labute approximate surface area is 210 Å². The van der Waals surface area contributed by atoms with Gasteiger partial charge in [0.25, 0.3) is 0 Å². The van der Waals surface area contributed by atoms with Crippen molar-refractivity contribution in [1.29, 1.82) is 0 Å². The molecule has 1 aliphatic rings. The molecule has 0 spiro atoms. The maximum atomic E-state index is 14.8. The van der Waals surface area contributed by atoms with Crippen molar-refractivity contribution in [2.75, 3.05) is 6.54 Å². The predicted octanol–water partition coefficient (Wildman–Crippen LogP) is 5.13. The largest absolute Gasteiger partial charge is 0.490 e. The van der Waals surface area contributed by atoms with Gasteiger partial charge < -0.3 is 14.7 Å². The number of hydrogen-bond donors (Lipinski definition) is 1. The second-order valence-corrected chi connectivity index (χ2v) is 9.46. The summed E-state index contributed by atoms with van der Waals surface area (Å²) in [6.45, 7) is 6.48. The molecule has 1 N–H and O–H groups in total. The molecule has 3 aromatic rings. The van der Waals surface area contributed by atoms with E-state index in [9.17, 15) is 19.1 Å². The van der Waals surface area contributed by atoms with Crippen LogP contribution in [-0.4, -0.2) is 39.5 Å². The van der Waals surface area contributed by atoms with Crippen LogP contribution in [0, 0.1) is 12.7 Å². The molecule has 1 aromatic heterocycles. The van der Waals surface area contributed by atoms with Crippen molar-refractivity contribution in [1.82, 2.24) is 9.88 Å². The van der Waals surface area contributed by atoms with Crippen LogP contribution in [0.3, 0.4) is 0 Å². The number of carbonyl (C=O) groups is 2. The minimum atomic E-state index is -0.931. The topological polar surface area (TPSA) is 79.7 Å². The summed E-state index contributed by atoms with van der Waals surface area (Å²) in [5, 5.41) is 9.29. The fraction of sp³-hybridized carbons (Fsp3) is 0.345. The predicted molar refractivity (Wildman–Crippen MR) is 135 cm³/mol. The Hall–Kier alpha value is -3.74. The zero-order valence-electron chi connectivity index (χ0n) is 20.9. The Morgan fingerprint density at radius 3 is 2.64 bits per heavy atom. The average molecular weight is 491 g/mol. The summed E-state index contributed by atoms with van der Waals surface area (Å²) in [5.41, 5.74) is 5.21. The van der Waals surface area contributed by atoms with E-state index in [-0.39, 0.29) is 30.8 Å². The van der Waals surface area contributed by atoms with Crippen LogP contribution in [-0.2, 0) is 35.4 Å². The summed E-state index contributed by atoms with van der Waals surface area (Å²) >= 11 is 0. The summed E-state index contributed by atoms with van der Waals surface area (Å²) in [6.07, 6.45) is 1.06. The van der Waals surface area contributed by atoms with Gasteiger partial charge in [0.15, 0.2) is 0 Å². The van der Waals surface area contributed by atoms with E-state index in [4.69, 9.17) is 4.74 Å². The molecule has 2 aromatic carbocycles. The number of halogens is 1. The van der Waals surface area contributed by atoms with E-state index in [1.807, 2.05) is 39.0 Å². The lowest BCUT2D eigenvalue weighted by molar-refractivity contribution is -0.136. The van der Waals surface area contributed by atoms with Gasteiger partial charge in [-0.05, 0) is 86.2 Å². The van der Waals surface area contributed by atoms with Gasteiger partial charge in [0.1, 0.15) is 11.6 Å². The van der Waals surface area contributed by atoms with Crippen LogP contribution >= 0.6 is 0 Å². The van der Waals surface area contributed by atoms with Crippen LogP contribution < -0.4 is 4.74 Å². The van der Waals surface area contributed by atoms with Gasteiger partial charge in [-0.25, -0.2) is 4.39 Å². The van der Waals surface area contributed by atoms with E-state index < -0.39 is 5.97 Å². The van der Waals surface area contributed by atoms with Gasteiger partial charge >= 0.3 is 5.97 Å². The lowest BCUT2D eigenvalue weighted by Gasteiger charge is -2.31. The molecule has 36 heavy (non-hydrogen) atoms. The van der Waals surface area contributed by atoms with E-state index in [0.29, 0.717) is 48.2 Å². The second kappa shape index (κ2) is 10.9. The van der Waals surface area contributed by atoms with Crippen molar-refractivity contribution in [2.24, 2.45) is 0 Å². The third-order valence-corrected chi connectivity index (χ3v) is 6.30. The summed E-state index contributed by atoms with van der Waals surface area (Å²) < 4.78 is 20.9. The highest BCUT2D eigenvalue weighted by Gasteiger charge is 2.27. The smallest absolute Gasteiger partial charge is 0.307 e. The fourth-order valence-corrected chi connectivity index (χ4v) is 4.66. The van der Waals surface area contributed by atoms with Crippen LogP contribution in [0.25, 0.3) is 11.1 Å². The molecular weight excluding hydrogens is 459 g/mol. The molecule has 188 valence electrons. The minimum absolute atomic E-state index is 0.00236. The van der Waals surface area contributed by atoms with Gasteiger partial charge in [-0.15, -0.1) is 0 Å². The summed E-state index contributed by atoms with van der Waals surface area (Å²) in [7, 11) is 0. The first-order chi connectivity index (χ1) is 17.2. The Kier molecular flexibility index (Phi) is 7.67. The van der Waals surface area contributed by atoms with Gasteiger partial charge in [-0.3, -0.25) is 14.6 Å². The van der Waals surface area contributed by atoms with Gasteiger partial charge in [-0.1, -0.05) is 18.2 Å². The normalized spacial score (nSPS) is 13.0. The van der Waals surface area contributed by atoms with E-state index in [2.05, 4.69) is 4.98 Å². The standard InChI is InChI=1S/C29H31FN2O4/c1-18(2)36-27-11-7-20(16-29(34)35)15-24(27)22-9-10-26(30)23-13-14-32(17-25(22)23)28(33)12-8-21-6-4-5-19(3)31-21/h4-7,9-11,15,18H,8,12-14,16-17H2,1-3H3,(H,34,35). The Morgan fingerprint density at radius 1 is 1.11 bits per heavy atom. The number of carboxylic acid groups (broad SMARTS) is 1. The summed E-state index contributed by atoms with van der Waals surface area (Å²) in [6, 6.07) is 14.2. The van der Waals surface area contributed by atoms with Crippen LogP contribution in [0.1, 0.15) is 48.3 Å². The molecule has 0 saturated heterocycles. The highest BCUT2D eigenvalue weighted by Crippen LogP contribution is 2.38. The SMILES string of the molecule is Cc1cccc(CCC(=O)N2CCc3c(F)ccc(-c4cc(CC(=O)O)ccc4OC(C)C)c3C2)n1. The highest BCUT2D eigenvalue weighted by atomic mass is 19.1. The second-order valence-electron chi connectivity index (χ2n) is 9.46. The van der Waals surface area contributed by atoms with Crippen molar-refractivity contribution in [3.63, 3.8) is 0 Å². The van der Waals surface area contributed by atoms with Crippen molar-refractivity contribution < 1.29 is 23.8 Å². The lowest BCUT2D eigenvalue weighted by Crippen LogP contribution is -2.36. The zero-order valence-corrected chi connectivity index (χ0v) is 20.9. The number of fused-ring (bicyclic) bond motifs is 1. The number of benzene rings is 2.